The lowest BCUT2D eigenvalue weighted by atomic mass is 10.3. The van der Waals surface area contributed by atoms with Crippen LogP contribution >= 0.6 is 0 Å². The number of phenols is 1. The SMILES string of the molecule is COc1ccc(O)cc1S(=O)(=O)O. The number of ether oxygens (including phenoxy) is 1. The van der Waals surface area contributed by atoms with Gasteiger partial charge in [0.1, 0.15) is 16.4 Å². The van der Waals surface area contributed by atoms with Crippen LogP contribution in [-0.4, -0.2) is 25.2 Å². The Hall–Kier alpha value is -1.27. The molecule has 0 aromatic heterocycles. The van der Waals surface area contributed by atoms with E-state index in [0.717, 1.165) is 6.07 Å². The first-order valence-electron chi connectivity index (χ1n) is 3.29. The molecule has 0 bridgehead atoms. The summed E-state index contributed by atoms with van der Waals surface area (Å²) in [7, 11) is -3.09. The molecule has 6 heteroatoms. The Morgan fingerprint density at radius 1 is 1.38 bits per heavy atom. The molecule has 0 unspecified atom stereocenters. The van der Waals surface area contributed by atoms with E-state index in [0.29, 0.717) is 0 Å². The molecule has 72 valence electrons. The smallest absolute Gasteiger partial charge is 0.298 e. The molecule has 0 heterocycles. The highest BCUT2D eigenvalue weighted by atomic mass is 32.2. The summed E-state index contributed by atoms with van der Waals surface area (Å²) >= 11 is 0. The maximum atomic E-state index is 10.7. The molecule has 0 saturated carbocycles. The molecule has 0 spiro atoms. The molecule has 0 radical (unpaired) electrons. The van der Waals surface area contributed by atoms with Crippen LogP contribution in [0.3, 0.4) is 0 Å². The van der Waals surface area contributed by atoms with Gasteiger partial charge in [0, 0.05) is 6.07 Å². The number of aromatic hydroxyl groups is 1. The predicted octanol–water partition coefficient (Wildman–Crippen LogP) is 0.648. The molecule has 0 saturated heterocycles. The molecule has 5 nitrogen and oxygen atoms in total. The van der Waals surface area contributed by atoms with Crippen LogP contribution in [0.25, 0.3) is 0 Å². The second kappa shape index (κ2) is 3.23. The minimum atomic E-state index is -4.35. The molecule has 2 N–H and O–H groups in total. The first-order chi connectivity index (χ1) is 5.95. The molecule has 13 heavy (non-hydrogen) atoms. The number of phenolic OH excluding ortho intramolecular Hbond substituents is 1. The van der Waals surface area contributed by atoms with Crippen LogP contribution in [-0.2, 0) is 10.1 Å². The van der Waals surface area contributed by atoms with Crippen LogP contribution in [0.2, 0.25) is 0 Å². The van der Waals surface area contributed by atoms with Gasteiger partial charge < -0.3 is 9.84 Å². The van der Waals surface area contributed by atoms with Gasteiger partial charge >= 0.3 is 0 Å². The molecular weight excluding hydrogens is 196 g/mol. The van der Waals surface area contributed by atoms with Gasteiger partial charge in [-0.3, -0.25) is 4.55 Å². The van der Waals surface area contributed by atoms with Gasteiger partial charge in [0.15, 0.2) is 0 Å². The Bertz CT molecular complexity index is 409. The van der Waals surface area contributed by atoms with Crippen molar-refractivity contribution in [2.24, 2.45) is 0 Å². The first-order valence-corrected chi connectivity index (χ1v) is 4.73. The quantitative estimate of drug-likeness (QED) is 0.691. The molecule has 0 aliphatic rings. The van der Waals surface area contributed by atoms with Crippen LogP contribution in [0.5, 0.6) is 11.5 Å². The fourth-order valence-corrected chi connectivity index (χ4v) is 1.54. The van der Waals surface area contributed by atoms with Gasteiger partial charge in [0.05, 0.1) is 7.11 Å². The van der Waals surface area contributed by atoms with Crippen molar-refractivity contribution in [2.75, 3.05) is 7.11 Å². The summed E-state index contributed by atoms with van der Waals surface area (Å²) in [6, 6.07) is 3.42. The number of hydrogen-bond acceptors (Lipinski definition) is 4. The largest absolute Gasteiger partial charge is 0.508 e. The average molecular weight is 204 g/mol. The van der Waals surface area contributed by atoms with Crippen molar-refractivity contribution in [3.05, 3.63) is 18.2 Å². The second-order valence-corrected chi connectivity index (χ2v) is 3.70. The highest BCUT2D eigenvalue weighted by Crippen LogP contribution is 2.26. The third-order valence-corrected chi connectivity index (χ3v) is 2.30. The van der Waals surface area contributed by atoms with Gasteiger partial charge in [-0.25, -0.2) is 0 Å². The molecule has 0 aliphatic carbocycles. The summed E-state index contributed by atoms with van der Waals surface area (Å²) in [6.45, 7) is 0. The Morgan fingerprint density at radius 3 is 2.46 bits per heavy atom. The van der Waals surface area contributed by atoms with Crippen LogP contribution in [0.1, 0.15) is 0 Å². The molecule has 1 aromatic rings. The zero-order valence-electron chi connectivity index (χ0n) is 6.76. The molecule has 1 aromatic carbocycles. The van der Waals surface area contributed by atoms with E-state index in [-0.39, 0.29) is 11.5 Å². The van der Waals surface area contributed by atoms with Crippen LogP contribution in [0, 0.1) is 0 Å². The third kappa shape index (κ3) is 2.10. The molecule has 1 rings (SSSR count). The standard InChI is InChI=1S/C7H8O5S/c1-12-6-3-2-5(8)4-7(6)13(9,10)11/h2-4,8H,1H3,(H,9,10,11). The number of rotatable bonds is 2. The van der Waals surface area contributed by atoms with Crippen molar-refractivity contribution in [1.29, 1.82) is 0 Å². The van der Waals surface area contributed by atoms with Crippen molar-refractivity contribution in [2.45, 2.75) is 4.90 Å². The summed E-state index contributed by atoms with van der Waals surface area (Å²) in [5.41, 5.74) is 0. The minimum absolute atomic E-state index is 0.0136. The van der Waals surface area contributed by atoms with Gasteiger partial charge in [-0.1, -0.05) is 0 Å². The number of benzene rings is 1. The third-order valence-electron chi connectivity index (χ3n) is 1.43. The zero-order valence-corrected chi connectivity index (χ0v) is 7.58. The molecule has 0 fully saturated rings. The normalized spacial score (nSPS) is 11.2. The van der Waals surface area contributed by atoms with Crippen molar-refractivity contribution in [1.82, 2.24) is 0 Å². The average Bonchev–Trinajstić information content (AvgIpc) is 2.03. The van der Waals surface area contributed by atoms with Crippen molar-refractivity contribution >= 4 is 10.1 Å². The molecule has 0 aliphatic heterocycles. The van der Waals surface area contributed by atoms with Gasteiger partial charge in [-0.05, 0) is 12.1 Å². The summed E-state index contributed by atoms with van der Waals surface area (Å²) < 4.78 is 34.8. The van der Waals surface area contributed by atoms with Gasteiger partial charge in [-0.15, -0.1) is 0 Å². The fourth-order valence-electron chi connectivity index (χ4n) is 0.867. The summed E-state index contributed by atoms with van der Waals surface area (Å²) in [5, 5.41) is 8.97. The zero-order chi connectivity index (χ0) is 10.1. The number of methoxy groups -OCH3 is 1. The van der Waals surface area contributed by atoms with Gasteiger partial charge in [0.2, 0.25) is 0 Å². The second-order valence-electron chi connectivity index (χ2n) is 2.31. The molecular formula is C7H8O5S. The van der Waals surface area contributed by atoms with Gasteiger partial charge in [0.25, 0.3) is 10.1 Å². The van der Waals surface area contributed by atoms with Crippen LogP contribution in [0.4, 0.5) is 0 Å². The van der Waals surface area contributed by atoms with Crippen molar-refractivity contribution < 1.29 is 22.8 Å². The van der Waals surface area contributed by atoms with E-state index in [4.69, 9.17) is 9.66 Å². The van der Waals surface area contributed by atoms with Gasteiger partial charge in [-0.2, -0.15) is 8.42 Å². The lowest BCUT2D eigenvalue weighted by Crippen LogP contribution is -2.00. The van der Waals surface area contributed by atoms with Crippen LogP contribution < -0.4 is 4.74 Å². The van der Waals surface area contributed by atoms with Crippen molar-refractivity contribution in [3.8, 4) is 11.5 Å². The van der Waals surface area contributed by atoms with E-state index in [9.17, 15) is 8.42 Å². The molecule has 0 amide bonds. The van der Waals surface area contributed by atoms with E-state index in [1.165, 1.54) is 19.2 Å². The van der Waals surface area contributed by atoms with E-state index in [1.54, 1.807) is 0 Å². The number of hydrogen-bond donors (Lipinski definition) is 2. The van der Waals surface area contributed by atoms with E-state index in [2.05, 4.69) is 4.74 Å². The Balaban J connectivity index is 3.41. The van der Waals surface area contributed by atoms with Crippen molar-refractivity contribution in [3.63, 3.8) is 0 Å². The molecule has 0 atom stereocenters. The highest BCUT2D eigenvalue weighted by Gasteiger charge is 2.16. The van der Waals surface area contributed by atoms with E-state index in [1.807, 2.05) is 0 Å². The summed E-state index contributed by atoms with van der Waals surface area (Å²) in [5.74, 6) is -0.270. The Morgan fingerprint density at radius 2 is 2.00 bits per heavy atom. The highest BCUT2D eigenvalue weighted by molar-refractivity contribution is 7.86. The summed E-state index contributed by atoms with van der Waals surface area (Å²) in [4.78, 5) is -0.449. The summed E-state index contributed by atoms with van der Waals surface area (Å²) in [6.07, 6.45) is 0. The Labute approximate surface area is 75.3 Å². The maximum Gasteiger partial charge on any atom is 0.298 e. The maximum absolute atomic E-state index is 10.7. The topological polar surface area (TPSA) is 83.8 Å². The first kappa shape index (κ1) is 9.82. The minimum Gasteiger partial charge on any atom is -0.508 e. The van der Waals surface area contributed by atoms with E-state index >= 15 is 0 Å². The predicted molar refractivity (Wildman–Crippen MR) is 44.5 cm³/mol. The Kier molecular flexibility index (Phi) is 2.44. The lowest BCUT2D eigenvalue weighted by molar-refractivity contribution is 0.394. The lowest BCUT2D eigenvalue weighted by Gasteiger charge is -2.05. The van der Waals surface area contributed by atoms with Crippen LogP contribution in [0.15, 0.2) is 23.1 Å². The monoisotopic (exact) mass is 204 g/mol. The fraction of sp³-hybridized carbons (Fsp3) is 0.143. The van der Waals surface area contributed by atoms with E-state index < -0.39 is 15.0 Å².